The summed E-state index contributed by atoms with van der Waals surface area (Å²) in [5.74, 6) is 0. The fraction of sp³-hybridized carbons (Fsp3) is 0.571. The fourth-order valence-electron chi connectivity index (χ4n) is 2.49. The highest BCUT2D eigenvalue weighted by molar-refractivity contribution is 5.39. The van der Waals surface area contributed by atoms with Gasteiger partial charge in [-0.05, 0) is 63.8 Å². The second kappa shape index (κ2) is 3.64. The van der Waals surface area contributed by atoms with Gasteiger partial charge in [0.1, 0.15) is 0 Å². The highest BCUT2D eigenvalue weighted by Crippen LogP contribution is 2.39. The van der Waals surface area contributed by atoms with E-state index < -0.39 is 0 Å². The van der Waals surface area contributed by atoms with Crippen LogP contribution in [0.1, 0.15) is 35.1 Å². The first-order valence-corrected chi connectivity index (χ1v) is 5.82. The van der Waals surface area contributed by atoms with Crippen molar-refractivity contribution in [1.82, 2.24) is 5.32 Å². The van der Waals surface area contributed by atoms with Gasteiger partial charge < -0.3 is 5.32 Å². The van der Waals surface area contributed by atoms with Crippen LogP contribution in [0, 0.1) is 20.8 Å². The Morgan fingerprint density at radius 2 is 1.67 bits per heavy atom. The number of likely N-dealkylation sites (N-methyl/N-ethyl adjacent to an activating group) is 1. The van der Waals surface area contributed by atoms with Gasteiger partial charge in [-0.15, -0.1) is 0 Å². The molecule has 0 aliphatic heterocycles. The highest BCUT2D eigenvalue weighted by Gasteiger charge is 2.41. The maximum Gasteiger partial charge on any atom is 0.0220 e. The Balaban J connectivity index is 2.28. The number of aryl methyl sites for hydroxylation is 3. The van der Waals surface area contributed by atoms with Crippen molar-refractivity contribution in [2.24, 2.45) is 0 Å². The Labute approximate surface area is 92.9 Å². The van der Waals surface area contributed by atoms with Gasteiger partial charge in [0.2, 0.25) is 0 Å². The molecule has 0 spiro atoms. The van der Waals surface area contributed by atoms with Gasteiger partial charge in [-0.2, -0.15) is 0 Å². The van der Waals surface area contributed by atoms with Crippen LogP contribution in [0.25, 0.3) is 0 Å². The highest BCUT2D eigenvalue weighted by atomic mass is 15.0. The number of hydrogen-bond donors (Lipinski definition) is 1. The lowest BCUT2D eigenvalue weighted by Gasteiger charge is -2.18. The van der Waals surface area contributed by atoms with Crippen LogP contribution in [0.15, 0.2) is 12.1 Å². The fourth-order valence-corrected chi connectivity index (χ4v) is 2.49. The number of nitrogens with one attached hydrogen (secondary N) is 1. The lowest BCUT2D eigenvalue weighted by atomic mass is 9.93. The average molecular weight is 203 g/mol. The monoisotopic (exact) mass is 203 g/mol. The van der Waals surface area contributed by atoms with E-state index in [0.717, 1.165) is 0 Å². The zero-order chi connectivity index (χ0) is 11.1. The van der Waals surface area contributed by atoms with Crippen molar-refractivity contribution in [3.63, 3.8) is 0 Å². The third-order valence-electron chi connectivity index (χ3n) is 3.74. The molecule has 2 rings (SSSR count). The van der Waals surface area contributed by atoms with Crippen LogP contribution < -0.4 is 5.32 Å². The maximum absolute atomic E-state index is 3.47. The molecule has 1 aliphatic rings. The van der Waals surface area contributed by atoms with Crippen LogP contribution in [0.5, 0.6) is 0 Å². The minimum absolute atomic E-state index is 0.421. The van der Waals surface area contributed by atoms with E-state index >= 15 is 0 Å². The molecule has 1 aromatic carbocycles. The van der Waals surface area contributed by atoms with Crippen LogP contribution in [-0.2, 0) is 6.42 Å². The summed E-state index contributed by atoms with van der Waals surface area (Å²) in [6, 6.07) is 4.60. The molecule has 0 radical (unpaired) electrons. The normalized spacial score (nSPS) is 17.9. The topological polar surface area (TPSA) is 12.0 Å². The Morgan fingerprint density at radius 1 is 1.13 bits per heavy atom. The van der Waals surface area contributed by atoms with E-state index in [2.05, 4.69) is 45.3 Å². The van der Waals surface area contributed by atoms with Gasteiger partial charge in [0, 0.05) is 5.54 Å². The summed E-state index contributed by atoms with van der Waals surface area (Å²) in [4.78, 5) is 0. The van der Waals surface area contributed by atoms with Gasteiger partial charge in [0.25, 0.3) is 0 Å². The second-order valence-electron chi connectivity index (χ2n) is 5.08. The molecule has 1 N–H and O–H groups in total. The SMILES string of the molecule is CNC1(Cc2c(C)cc(C)cc2C)CC1. The van der Waals surface area contributed by atoms with E-state index in [1.54, 1.807) is 5.56 Å². The number of hydrogen-bond acceptors (Lipinski definition) is 1. The van der Waals surface area contributed by atoms with Crippen molar-refractivity contribution in [2.75, 3.05) is 7.05 Å². The van der Waals surface area contributed by atoms with Gasteiger partial charge in [-0.1, -0.05) is 17.7 Å². The smallest absolute Gasteiger partial charge is 0.0220 e. The first-order valence-electron chi connectivity index (χ1n) is 5.82. The summed E-state index contributed by atoms with van der Waals surface area (Å²) < 4.78 is 0. The number of rotatable bonds is 3. The zero-order valence-electron chi connectivity index (χ0n) is 10.3. The van der Waals surface area contributed by atoms with E-state index in [9.17, 15) is 0 Å². The molecular weight excluding hydrogens is 182 g/mol. The third-order valence-corrected chi connectivity index (χ3v) is 3.74. The van der Waals surface area contributed by atoms with Crippen molar-refractivity contribution >= 4 is 0 Å². The lowest BCUT2D eigenvalue weighted by molar-refractivity contribution is 0.546. The summed E-state index contributed by atoms with van der Waals surface area (Å²) in [5.41, 5.74) is 6.25. The van der Waals surface area contributed by atoms with Crippen molar-refractivity contribution in [1.29, 1.82) is 0 Å². The molecule has 1 aliphatic carbocycles. The Kier molecular flexibility index (Phi) is 2.59. The van der Waals surface area contributed by atoms with Crippen LogP contribution >= 0.6 is 0 Å². The molecule has 0 aromatic heterocycles. The van der Waals surface area contributed by atoms with Gasteiger partial charge >= 0.3 is 0 Å². The minimum atomic E-state index is 0.421. The molecule has 1 saturated carbocycles. The predicted molar refractivity (Wildman–Crippen MR) is 65.4 cm³/mol. The Hall–Kier alpha value is -0.820. The zero-order valence-corrected chi connectivity index (χ0v) is 10.3. The van der Waals surface area contributed by atoms with E-state index in [0.29, 0.717) is 5.54 Å². The van der Waals surface area contributed by atoms with Crippen LogP contribution in [0.4, 0.5) is 0 Å². The van der Waals surface area contributed by atoms with Crippen molar-refractivity contribution in [3.05, 3.63) is 34.4 Å². The standard InChI is InChI=1S/C14H21N/c1-10-7-11(2)13(12(3)8-10)9-14(15-4)5-6-14/h7-8,15H,5-6,9H2,1-4H3. The largest absolute Gasteiger partial charge is 0.314 e. The first kappa shape index (κ1) is 10.7. The molecule has 82 valence electrons. The molecule has 1 heteroatoms. The molecule has 0 amide bonds. The Morgan fingerprint density at radius 3 is 2.07 bits per heavy atom. The summed E-state index contributed by atoms with van der Waals surface area (Å²) in [6.07, 6.45) is 3.86. The van der Waals surface area contributed by atoms with E-state index in [-0.39, 0.29) is 0 Å². The summed E-state index contributed by atoms with van der Waals surface area (Å²) >= 11 is 0. The predicted octanol–water partition coefficient (Wildman–Crippen LogP) is 2.91. The lowest BCUT2D eigenvalue weighted by Crippen LogP contribution is -2.30. The van der Waals surface area contributed by atoms with Crippen LogP contribution in [-0.4, -0.2) is 12.6 Å². The molecule has 15 heavy (non-hydrogen) atoms. The first-order chi connectivity index (χ1) is 7.06. The molecule has 0 atom stereocenters. The van der Waals surface area contributed by atoms with Crippen molar-refractivity contribution < 1.29 is 0 Å². The van der Waals surface area contributed by atoms with Gasteiger partial charge in [-0.3, -0.25) is 0 Å². The summed E-state index contributed by atoms with van der Waals surface area (Å²) in [5, 5.41) is 3.47. The Bertz CT molecular complexity index is 352. The molecule has 1 nitrogen and oxygen atoms in total. The number of benzene rings is 1. The van der Waals surface area contributed by atoms with E-state index in [1.807, 2.05) is 0 Å². The second-order valence-corrected chi connectivity index (χ2v) is 5.08. The summed E-state index contributed by atoms with van der Waals surface area (Å²) in [6.45, 7) is 6.65. The van der Waals surface area contributed by atoms with Gasteiger partial charge in [-0.25, -0.2) is 0 Å². The molecule has 0 saturated heterocycles. The van der Waals surface area contributed by atoms with Crippen LogP contribution in [0.3, 0.4) is 0 Å². The van der Waals surface area contributed by atoms with Gasteiger partial charge in [0.05, 0.1) is 0 Å². The van der Waals surface area contributed by atoms with Crippen molar-refractivity contribution in [2.45, 2.75) is 45.6 Å². The summed E-state index contributed by atoms with van der Waals surface area (Å²) in [7, 11) is 2.09. The third kappa shape index (κ3) is 2.07. The van der Waals surface area contributed by atoms with Gasteiger partial charge in [0.15, 0.2) is 0 Å². The molecule has 0 unspecified atom stereocenters. The molecule has 1 aromatic rings. The average Bonchev–Trinajstić information content (AvgIpc) is 2.92. The molecule has 0 heterocycles. The maximum atomic E-state index is 3.47. The van der Waals surface area contributed by atoms with E-state index in [4.69, 9.17) is 0 Å². The molecule has 0 bridgehead atoms. The molecular formula is C14H21N. The van der Waals surface area contributed by atoms with E-state index in [1.165, 1.54) is 36.0 Å². The van der Waals surface area contributed by atoms with Crippen LogP contribution in [0.2, 0.25) is 0 Å². The quantitative estimate of drug-likeness (QED) is 0.796. The molecule has 1 fully saturated rings. The minimum Gasteiger partial charge on any atom is -0.314 e. The van der Waals surface area contributed by atoms with Crippen molar-refractivity contribution in [3.8, 4) is 0 Å².